The van der Waals surface area contributed by atoms with Gasteiger partial charge in [0.2, 0.25) is 0 Å². The zero-order chi connectivity index (χ0) is 12.8. The van der Waals surface area contributed by atoms with E-state index in [1.165, 1.54) is 0 Å². The lowest BCUT2D eigenvalue weighted by Crippen LogP contribution is -2.17. The van der Waals surface area contributed by atoms with Crippen LogP contribution in [0.15, 0.2) is 53.9 Å². The second kappa shape index (κ2) is 5.72. The number of hydrogen-bond donors (Lipinski definition) is 1. The number of pyridine rings is 1. The van der Waals surface area contributed by atoms with Crippen molar-refractivity contribution >= 4 is 12.1 Å². The Morgan fingerprint density at radius 2 is 2.22 bits per heavy atom. The standard InChI is InChI=1S/C14H13N3O/c1-11-4-2-6-13(8-11)14(18)17-16-10-12-5-3-7-15-9-12/h2-10H,1H3,(H,17,18). The highest BCUT2D eigenvalue weighted by atomic mass is 16.2. The first-order valence-corrected chi connectivity index (χ1v) is 5.56. The van der Waals surface area contributed by atoms with Gasteiger partial charge in [-0.3, -0.25) is 9.78 Å². The summed E-state index contributed by atoms with van der Waals surface area (Å²) in [5.74, 6) is -0.223. The van der Waals surface area contributed by atoms with E-state index in [0.29, 0.717) is 5.56 Å². The lowest BCUT2D eigenvalue weighted by molar-refractivity contribution is 0.0955. The van der Waals surface area contributed by atoms with Gasteiger partial charge >= 0.3 is 0 Å². The van der Waals surface area contributed by atoms with Crippen molar-refractivity contribution in [3.8, 4) is 0 Å². The molecule has 2 rings (SSSR count). The molecule has 18 heavy (non-hydrogen) atoms. The second-order valence-corrected chi connectivity index (χ2v) is 3.85. The van der Waals surface area contributed by atoms with Crippen LogP contribution < -0.4 is 5.43 Å². The van der Waals surface area contributed by atoms with Crippen molar-refractivity contribution < 1.29 is 4.79 Å². The van der Waals surface area contributed by atoms with E-state index in [-0.39, 0.29) is 5.91 Å². The third kappa shape index (κ3) is 3.25. The number of carbonyl (C=O) groups excluding carboxylic acids is 1. The molecule has 0 unspecified atom stereocenters. The zero-order valence-corrected chi connectivity index (χ0v) is 10.00. The molecule has 0 radical (unpaired) electrons. The average molecular weight is 239 g/mol. The second-order valence-electron chi connectivity index (χ2n) is 3.85. The van der Waals surface area contributed by atoms with Crippen LogP contribution in [0.3, 0.4) is 0 Å². The van der Waals surface area contributed by atoms with Crippen molar-refractivity contribution in [3.63, 3.8) is 0 Å². The summed E-state index contributed by atoms with van der Waals surface area (Å²) in [5, 5.41) is 3.88. The van der Waals surface area contributed by atoms with E-state index in [1.54, 1.807) is 24.7 Å². The maximum Gasteiger partial charge on any atom is 0.271 e. The molecule has 4 nitrogen and oxygen atoms in total. The minimum atomic E-state index is -0.223. The summed E-state index contributed by atoms with van der Waals surface area (Å²) in [6, 6.07) is 11.0. The molecular formula is C14H13N3O. The van der Waals surface area contributed by atoms with Gasteiger partial charge in [0.15, 0.2) is 0 Å². The molecule has 1 aromatic heterocycles. The Kier molecular flexibility index (Phi) is 3.81. The number of hydrazone groups is 1. The topological polar surface area (TPSA) is 54.4 Å². The summed E-state index contributed by atoms with van der Waals surface area (Å²) in [7, 11) is 0. The Bertz CT molecular complexity index is 564. The van der Waals surface area contributed by atoms with Crippen LogP contribution in [0.25, 0.3) is 0 Å². The number of aromatic nitrogens is 1. The van der Waals surface area contributed by atoms with E-state index < -0.39 is 0 Å². The molecule has 0 saturated heterocycles. The van der Waals surface area contributed by atoms with Crippen LogP contribution in [0.5, 0.6) is 0 Å². The van der Waals surface area contributed by atoms with Crippen molar-refractivity contribution in [1.82, 2.24) is 10.4 Å². The molecule has 0 saturated carbocycles. The van der Waals surface area contributed by atoms with Crippen LogP contribution in [-0.2, 0) is 0 Å². The monoisotopic (exact) mass is 239 g/mol. The van der Waals surface area contributed by atoms with Gasteiger partial charge in [-0.2, -0.15) is 5.10 Å². The van der Waals surface area contributed by atoms with Gasteiger partial charge in [-0.25, -0.2) is 5.43 Å². The van der Waals surface area contributed by atoms with Gasteiger partial charge in [-0.15, -0.1) is 0 Å². The fourth-order valence-electron chi connectivity index (χ4n) is 1.47. The summed E-state index contributed by atoms with van der Waals surface area (Å²) in [6.07, 6.45) is 4.91. The number of nitrogens with zero attached hydrogens (tertiary/aromatic N) is 2. The number of aryl methyl sites for hydroxylation is 1. The molecule has 0 spiro atoms. The number of carbonyl (C=O) groups is 1. The van der Waals surface area contributed by atoms with Crippen LogP contribution >= 0.6 is 0 Å². The quantitative estimate of drug-likeness (QED) is 0.659. The highest BCUT2D eigenvalue weighted by Gasteiger charge is 2.02. The lowest BCUT2D eigenvalue weighted by Gasteiger charge is -2.00. The SMILES string of the molecule is Cc1cccc(C(=O)NN=Cc2cccnc2)c1. The normalized spacial score (nSPS) is 10.5. The fraction of sp³-hybridized carbons (Fsp3) is 0.0714. The van der Waals surface area contributed by atoms with Gasteiger partial charge in [-0.1, -0.05) is 23.8 Å². The van der Waals surface area contributed by atoms with Crippen molar-refractivity contribution in [1.29, 1.82) is 0 Å². The number of rotatable bonds is 3. The third-order valence-electron chi connectivity index (χ3n) is 2.34. The lowest BCUT2D eigenvalue weighted by atomic mass is 10.1. The maximum absolute atomic E-state index is 11.7. The summed E-state index contributed by atoms with van der Waals surface area (Å²) in [5.41, 5.74) is 4.95. The maximum atomic E-state index is 11.7. The Morgan fingerprint density at radius 1 is 1.33 bits per heavy atom. The molecule has 1 N–H and O–H groups in total. The Balaban J connectivity index is 1.99. The van der Waals surface area contributed by atoms with E-state index in [4.69, 9.17) is 0 Å². The third-order valence-corrected chi connectivity index (χ3v) is 2.34. The summed E-state index contributed by atoms with van der Waals surface area (Å²) in [6.45, 7) is 1.94. The Labute approximate surface area is 105 Å². The molecule has 2 aromatic rings. The van der Waals surface area contributed by atoms with Crippen LogP contribution in [0.2, 0.25) is 0 Å². The van der Waals surface area contributed by atoms with Gasteiger partial charge < -0.3 is 0 Å². The smallest absolute Gasteiger partial charge is 0.267 e. The van der Waals surface area contributed by atoms with Crippen LogP contribution in [0.1, 0.15) is 21.5 Å². The molecule has 0 aliphatic carbocycles. The highest BCUT2D eigenvalue weighted by molar-refractivity contribution is 5.94. The number of hydrogen-bond acceptors (Lipinski definition) is 3. The van der Waals surface area contributed by atoms with E-state index in [9.17, 15) is 4.79 Å². The molecule has 0 aliphatic rings. The van der Waals surface area contributed by atoms with Crippen LogP contribution in [0.4, 0.5) is 0 Å². The minimum absolute atomic E-state index is 0.223. The fourth-order valence-corrected chi connectivity index (χ4v) is 1.47. The first-order chi connectivity index (χ1) is 8.75. The molecule has 1 amide bonds. The van der Waals surface area contributed by atoms with E-state index >= 15 is 0 Å². The molecule has 0 aliphatic heterocycles. The summed E-state index contributed by atoms with van der Waals surface area (Å²) in [4.78, 5) is 15.7. The van der Waals surface area contributed by atoms with Crippen molar-refractivity contribution in [2.45, 2.75) is 6.92 Å². The molecule has 1 aromatic carbocycles. The predicted octanol–water partition coefficient (Wildman–Crippen LogP) is 2.15. The van der Waals surface area contributed by atoms with Crippen LogP contribution in [-0.4, -0.2) is 17.1 Å². The van der Waals surface area contributed by atoms with Crippen LogP contribution in [0, 0.1) is 6.92 Å². The van der Waals surface area contributed by atoms with Gasteiger partial charge in [0, 0.05) is 23.5 Å². The molecular weight excluding hydrogens is 226 g/mol. The van der Waals surface area contributed by atoms with Gasteiger partial charge in [-0.05, 0) is 25.1 Å². The molecule has 90 valence electrons. The molecule has 0 atom stereocenters. The molecule has 0 fully saturated rings. The predicted molar refractivity (Wildman–Crippen MR) is 70.5 cm³/mol. The summed E-state index contributed by atoms with van der Waals surface area (Å²) >= 11 is 0. The van der Waals surface area contributed by atoms with E-state index in [2.05, 4.69) is 15.5 Å². The highest BCUT2D eigenvalue weighted by Crippen LogP contribution is 2.03. The Hall–Kier alpha value is -2.49. The zero-order valence-electron chi connectivity index (χ0n) is 10.00. The largest absolute Gasteiger partial charge is 0.271 e. The molecule has 0 bridgehead atoms. The van der Waals surface area contributed by atoms with Crippen molar-refractivity contribution in [2.75, 3.05) is 0 Å². The van der Waals surface area contributed by atoms with Gasteiger partial charge in [0.1, 0.15) is 0 Å². The number of amides is 1. The first-order valence-electron chi connectivity index (χ1n) is 5.56. The van der Waals surface area contributed by atoms with E-state index in [0.717, 1.165) is 11.1 Å². The number of benzene rings is 1. The molecule has 4 heteroatoms. The van der Waals surface area contributed by atoms with E-state index in [1.807, 2.05) is 37.3 Å². The molecule has 1 heterocycles. The van der Waals surface area contributed by atoms with Gasteiger partial charge in [0.05, 0.1) is 6.21 Å². The average Bonchev–Trinajstić information content (AvgIpc) is 2.40. The minimum Gasteiger partial charge on any atom is -0.267 e. The summed E-state index contributed by atoms with van der Waals surface area (Å²) < 4.78 is 0. The van der Waals surface area contributed by atoms with Crippen molar-refractivity contribution in [3.05, 3.63) is 65.5 Å². The van der Waals surface area contributed by atoms with Gasteiger partial charge in [0.25, 0.3) is 5.91 Å². The first kappa shape index (κ1) is 12.0. The Morgan fingerprint density at radius 3 is 2.94 bits per heavy atom. The number of nitrogens with one attached hydrogen (secondary N) is 1. The van der Waals surface area contributed by atoms with Crippen molar-refractivity contribution in [2.24, 2.45) is 5.10 Å².